The highest BCUT2D eigenvalue weighted by Gasteiger charge is 2.18. The molecule has 0 unspecified atom stereocenters. The number of pyridine rings is 1. The van der Waals surface area contributed by atoms with Crippen LogP contribution in [0.1, 0.15) is 25.7 Å². The zero-order chi connectivity index (χ0) is 16.2. The molecule has 0 fully saturated rings. The van der Waals surface area contributed by atoms with Gasteiger partial charge in [-0.15, -0.1) is 10.2 Å². The lowest BCUT2D eigenvalue weighted by molar-refractivity contribution is 0.102. The van der Waals surface area contributed by atoms with Crippen LogP contribution in [0.2, 0.25) is 0 Å². The van der Waals surface area contributed by atoms with Gasteiger partial charge in [0.25, 0.3) is 5.91 Å². The summed E-state index contributed by atoms with van der Waals surface area (Å²) in [6.45, 7) is 0. The second-order valence-electron chi connectivity index (χ2n) is 4.50. The zero-order valence-electron chi connectivity index (χ0n) is 11.8. The number of amides is 1. The van der Waals surface area contributed by atoms with Gasteiger partial charge in [-0.2, -0.15) is 0 Å². The molecule has 7 nitrogen and oxygen atoms in total. The molecule has 0 spiro atoms. The van der Waals surface area contributed by atoms with Crippen molar-refractivity contribution in [2.24, 2.45) is 0 Å². The second-order valence-corrected chi connectivity index (χ2v) is 5.48. The van der Waals surface area contributed by atoms with Gasteiger partial charge in [-0.1, -0.05) is 29.5 Å². The Hall–Kier alpha value is -3.13. The lowest BCUT2D eigenvalue weighted by Crippen LogP contribution is -2.11. The fourth-order valence-corrected chi connectivity index (χ4v) is 2.54. The molecule has 2 aromatic heterocycles. The molecule has 0 saturated carbocycles. The number of aromatic nitrogens is 3. The van der Waals surface area contributed by atoms with Gasteiger partial charge in [-0.05, 0) is 24.3 Å². The Kier molecular flexibility index (Phi) is 4.07. The Morgan fingerprint density at radius 3 is 2.57 bits per heavy atom. The van der Waals surface area contributed by atoms with E-state index in [1.165, 1.54) is 6.20 Å². The molecule has 0 bridgehead atoms. The van der Waals surface area contributed by atoms with Gasteiger partial charge in [-0.3, -0.25) is 14.9 Å². The largest absolute Gasteiger partial charge is 0.383 e. The quantitative estimate of drug-likeness (QED) is 0.710. The van der Waals surface area contributed by atoms with Crippen molar-refractivity contribution in [1.29, 1.82) is 0 Å². The molecular formula is C15H11N5O2S. The number of carbonyl (C=O) groups excluding carboxylic acids is 2. The second kappa shape index (κ2) is 6.32. The van der Waals surface area contributed by atoms with Crippen LogP contribution in [0.5, 0.6) is 0 Å². The van der Waals surface area contributed by atoms with Crippen molar-refractivity contribution < 1.29 is 9.59 Å². The number of ketones is 1. The van der Waals surface area contributed by atoms with Gasteiger partial charge in [0.05, 0.1) is 5.56 Å². The Balaban J connectivity index is 1.77. The summed E-state index contributed by atoms with van der Waals surface area (Å²) in [7, 11) is 0. The summed E-state index contributed by atoms with van der Waals surface area (Å²) in [5, 5.41) is 10.6. The average Bonchev–Trinajstić information content (AvgIpc) is 3.04. The molecule has 3 aromatic rings. The summed E-state index contributed by atoms with van der Waals surface area (Å²) in [4.78, 5) is 28.2. The Morgan fingerprint density at radius 2 is 1.83 bits per heavy atom. The van der Waals surface area contributed by atoms with E-state index in [0.29, 0.717) is 5.56 Å². The van der Waals surface area contributed by atoms with Crippen LogP contribution in [0.3, 0.4) is 0 Å². The number of nitrogens with two attached hydrogens (primary N) is 1. The zero-order valence-corrected chi connectivity index (χ0v) is 12.6. The maximum Gasteiger partial charge on any atom is 0.257 e. The van der Waals surface area contributed by atoms with Crippen LogP contribution >= 0.6 is 11.3 Å². The average molecular weight is 325 g/mol. The predicted octanol–water partition coefficient (Wildman–Crippen LogP) is 2.00. The fourth-order valence-electron chi connectivity index (χ4n) is 1.85. The number of carbonyl (C=O) groups is 2. The Bertz CT molecular complexity index is 863. The molecule has 0 atom stereocenters. The lowest BCUT2D eigenvalue weighted by Gasteiger charge is -2.00. The molecular weight excluding hydrogens is 314 g/mol. The minimum Gasteiger partial charge on any atom is -0.383 e. The number of anilines is 2. The Labute approximate surface area is 135 Å². The van der Waals surface area contributed by atoms with E-state index in [1.54, 1.807) is 36.4 Å². The SMILES string of the molecule is Nc1ncccc1C(=O)c1nnc(NC(=O)c2ccccc2)s1. The highest BCUT2D eigenvalue weighted by atomic mass is 32.1. The maximum absolute atomic E-state index is 12.3. The minimum atomic E-state index is -0.381. The van der Waals surface area contributed by atoms with Gasteiger partial charge in [-0.25, -0.2) is 4.98 Å². The van der Waals surface area contributed by atoms with E-state index in [1.807, 2.05) is 6.07 Å². The minimum absolute atomic E-state index is 0.127. The van der Waals surface area contributed by atoms with E-state index < -0.39 is 0 Å². The third-order valence-electron chi connectivity index (χ3n) is 2.96. The first-order valence-electron chi connectivity index (χ1n) is 6.60. The third kappa shape index (κ3) is 3.22. The topological polar surface area (TPSA) is 111 Å². The Morgan fingerprint density at radius 1 is 1.04 bits per heavy atom. The molecule has 3 rings (SSSR count). The van der Waals surface area contributed by atoms with Crippen LogP contribution in [0.15, 0.2) is 48.7 Å². The van der Waals surface area contributed by atoms with E-state index >= 15 is 0 Å². The van der Waals surface area contributed by atoms with Gasteiger partial charge in [0.2, 0.25) is 10.9 Å². The third-order valence-corrected chi connectivity index (χ3v) is 3.80. The molecule has 1 amide bonds. The van der Waals surface area contributed by atoms with Gasteiger partial charge in [0.1, 0.15) is 5.82 Å². The van der Waals surface area contributed by atoms with Crippen LogP contribution < -0.4 is 11.1 Å². The highest BCUT2D eigenvalue weighted by Crippen LogP contribution is 2.21. The molecule has 0 saturated heterocycles. The monoisotopic (exact) mass is 325 g/mol. The van der Waals surface area contributed by atoms with Crippen LogP contribution in [0.4, 0.5) is 10.9 Å². The van der Waals surface area contributed by atoms with E-state index in [4.69, 9.17) is 5.73 Å². The van der Waals surface area contributed by atoms with Crippen molar-refractivity contribution in [3.63, 3.8) is 0 Å². The van der Waals surface area contributed by atoms with E-state index in [9.17, 15) is 9.59 Å². The highest BCUT2D eigenvalue weighted by molar-refractivity contribution is 7.17. The van der Waals surface area contributed by atoms with Crippen molar-refractivity contribution in [2.75, 3.05) is 11.1 Å². The standard InChI is InChI=1S/C15H11N5O2S/c16-12-10(7-4-8-17-12)11(21)14-19-20-15(23-14)18-13(22)9-5-2-1-3-6-9/h1-8H,(H2,16,17)(H,18,20,22). The molecule has 0 aliphatic heterocycles. The van der Waals surface area contributed by atoms with Gasteiger partial charge in [0.15, 0.2) is 5.01 Å². The van der Waals surface area contributed by atoms with E-state index in [2.05, 4.69) is 20.5 Å². The van der Waals surface area contributed by atoms with Gasteiger partial charge in [0, 0.05) is 11.8 Å². The van der Waals surface area contributed by atoms with Crippen LogP contribution in [-0.4, -0.2) is 26.9 Å². The van der Waals surface area contributed by atoms with Crippen molar-refractivity contribution in [3.05, 3.63) is 64.8 Å². The summed E-state index contributed by atoms with van der Waals surface area (Å²) in [6.07, 6.45) is 1.50. The summed E-state index contributed by atoms with van der Waals surface area (Å²) in [5.74, 6) is -0.572. The molecule has 1 aromatic carbocycles. The number of rotatable bonds is 4. The van der Waals surface area contributed by atoms with Crippen molar-refractivity contribution in [1.82, 2.24) is 15.2 Å². The number of nitrogen functional groups attached to an aromatic ring is 1. The number of nitrogens with one attached hydrogen (secondary N) is 1. The number of hydrogen-bond acceptors (Lipinski definition) is 7. The van der Waals surface area contributed by atoms with Crippen molar-refractivity contribution in [3.8, 4) is 0 Å². The number of benzene rings is 1. The van der Waals surface area contributed by atoms with Crippen molar-refractivity contribution >= 4 is 34.0 Å². The summed E-state index contributed by atoms with van der Waals surface area (Å²) in [6, 6.07) is 11.9. The van der Waals surface area contributed by atoms with E-state index in [0.717, 1.165) is 11.3 Å². The smallest absolute Gasteiger partial charge is 0.257 e. The van der Waals surface area contributed by atoms with Crippen LogP contribution in [0.25, 0.3) is 0 Å². The molecule has 114 valence electrons. The maximum atomic E-state index is 12.3. The summed E-state index contributed by atoms with van der Waals surface area (Å²) in [5.41, 5.74) is 6.42. The molecule has 3 N–H and O–H groups in total. The van der Waals surface area contributed by atoms with Gasteiger partial charge >= 0.3 is 0 Å². The van der Waals surface area contributed by atoms with Crippen molar-refractivity contribution in [2.45, 2.75) is 0 Å². The summed E-state index contributed by atoms with van der Waals surface area (Å²) >= 11 is 0.980. The molecule has 23 heavy (non-hydrogen) atoms. The van der Waals surface area contributed by atoms with Crippen LogP contribution in [0, 0.1) is 0 Å². The molecule has 0 aliphatic carbocycles. The number of nitrogens with zero attached hydrogens (tertiary/aromatic N) is 3. The molecule has 0 aliphatic rings. The first kappa shape index (κ1) is 14.8. The van der Waals surface area contributed by atoms with Gasteiger partial charge < -0.3 is 5.73 Å². The first-order valence-corrected chi connectivity index (χ1v) is 7.42. The fraction of sp³-hybridized carbons (Fsp3) is 0. The molecule has 8 heteroatoms. The molecule has 2 heterocycles. The molecule has 0 radical (unpaired) electrons. The predicted molar refractivity (Wildman–Crippen MR) is 86.4 cm³/mol. The normalized spacial score (nSPS) is 10.3. The van der Waals surface area contributed by atoms with Crippen LogP contribution in [-0.2, 0) is 0 Å². The van der Waals surface area contributed by atoms with E-state index in [-0.39, 0.29) is 33.2 Å². The lowest BCUT2D eigenvalue weighted by atomic mass is 10.2. The summed E-state index contributed by atoms with van der Waals surface area (Å²) < 4.78 is 0. The number of hydrogen-bond donors (Lipinski definition) is 2. The first-order chi connectivity index (χ1) is 11.1.